The van der Waals surface area contributed by atoms with Crippen molar-refractivity contribution in [3.05, 3.63) is 29.8 Å². The average Bonchev–Trinajstić information content (AvgIpc) is 2.50. The van der Waals surface area contributed by atoms with E-state index in [1.165, 1.54) is 24.3 Å². The number of ketones is 1. The highest BCUT2D eigenvalue weighted by atomic mass is 32.2. The van der Waals surface area contributed by atoms with Gasteiger partial charge in [0.1, 0.15) is 0 Å². The Bertz CT molecular complexity index is 696. The molecule has 7 nitrogen and oxygen atoms in total. The second kappa shape index (κ2) is 8.42. The second-order valence-electron chi connectivity index (χ2n) is 4.83. The van der Waals surface area contributed by atoms with Gasteiger partial charge in [0.2, 0.25) is 0 Å². The highest BCUT2D eigenvalue weighted by Gasteiger charge is 2.13. The number of hydrogen-bond donors (Lipinski definition) is 1. The first-order valence-electron chi connectivity index (χ1n) is 6.99. The molecule has 126 valence electrons. The standard InChI is InChI=1S/C15H19NO6S/c1-3-22-14(18)8-7-12(17)10-16-15(19)11-5-4-6-13(9-11)23(2,20)21/h4-6,9H,3,7-8,10H2,1-2H3,(H,16,19). The molecule has 1 aromatic carbocycles. The number of esters is 1. The fraction of sp³-hybridized carbons (Fsp3) is 0.400. The molecule has 0 fully saturated rings. The van der Waals surface area contributed by atoms with Crippen molar-refractivity contribution in [2.75, 3.05) is 19.4 Å². The minimum absolute atomic E-state index is 0.0253. The molecule has 0 aliphatic rings. The SMILES string of the molecule is CCOC(=O)CCC(=O)CNC(=O)c1cccc(S(C)(=O)=O)c1. The molecule has 1 amide bonds. The van der Waals surface area contributed by atoms with Crippen LogP contribution in [0.1, 0.15) is 30.1 Å². The lowest BCUT2D eigenvalue weighted by atomic mass is 10.2. The van der Waals surface area contributed by atoms with E-state index in [-0.39, 0.29) is 42.2 Å². The number of hydrogen-bond acceptors (Lipinski definition) is 6. The van der Waals surface area contributed by atoms with E-state index in [1.807, 2.05) is 0 Å². The maximum atomic E-state index is 11.9. The minimum Gasteiger partial charge on any atom is -0.466 e. The van der Waals surface area contributed by atoms with Crippen LogP contribution in [0.25, 0.3) is 0 Å². The van der Waals surface area contributed by atoms with Gasteiger partial charge in [0, 0.05) is 18.2 Å². The van der Waals surface area contributed by atoms with E-state index in [4.69, 9.17) is 4.74 Å². The molecule has 23 heavy (non-hydrogen) atoms. The Labute approximate surface area is 134 Å². The van der Waals surface area contributed by atoms with Crippen molar-refractivity contribution < 1.29 is 27.5 Å². The van der Waals surface area contributed by atoms with Crippen LogP contribution in [0.4, 0.5) is 0 Å². The molecule has 0 spiro atoms. The van der Waals surface area contributed by atoms with E-state index < -0.39 is 21.7 Å². The summed E-state index contributed by atoms with van der Waals surface area (Å²) in [5, 5.41) is 2.40. The van der Waals surface area contributed by atoms with Crippen LogP contribution in [-0.4, -0.2) is 45.5 Å². The first-order valence-corrected chi connectivity index (χ1v) is 8.88. The van der Waals surface area contributed by atoms with Gasteiger partial charge in [-0.05, 0) is 25.1 Å². The third-order valence-electron chi connectivity index (χ3n) is 2.88. The Hall–Kier alpha value is -2.22. The smallest absolute Gasteiger partial charge is 0.306 e. The summed E-state index contributed by atoms with van der Waals surface area (Å²) in [5.74, 6) is -1.33. The van der Waals surface area contributed by atoms with Crippen LogP contribution >= 0.6 is 0 Å². The Morgan fingerprint density at radius 2 is 1.87 bits per heavy atom. The van der Waals surface area contributed by atoms with E-state index in [2.05, 4.69) is 5.32 Å². The molecule has 0 atom stereocenters. The summed E-state index contributed by atoms with van der Waals surface area (Å²) in [4.78, 5) is 34.7. The monoisotopic (exact) mass is 341 g/mol. The van der Waals surface area contributed by atoms with Crippen LogP contribution in [-0.2, 0) is 24.2 Å². The Morgan fingerprint density at radius 3 is 2.48 bits per heavy atom. The third-order valence-corrected chi connectivity index (χ3v) is 3.99. The molecule has 0 aliphatic carbocycles. The van der Waals surface area contributed by atoms with Gasteiger partial charge in [-0.15, -0.1) is 0 Å². The molecular formula is C15H19NO6S. The number of nitrogens with one attached hydrogen (secondary N) is 1. The van der Waals surface area contributed by atoms with Crippen molar-refractivity contribution in [1.82, 2.24) is 5.32 Å². The number of carbonyl (C=O) groups is 3. The molecular weight excluding hydrogens is 322 g/mol. The lowest BCUT2D eigenvalue weighted by molar-refractivity contribution is -0.144. The predicted molar refractivity (Wildman–Crippen MR) is 82.8 cm³/mol. The first kappa shape index (κ1) is 18.8. The van der Waals surface area contributed by atoms with E-state index in [9.17, 15) is 22.8 Å². The van der Waals surface area contributed by atoms with Gasteiger partial charge in [-0.25, -0.2) is 8.42 Å². The highest BCUT2D eigenvalue weighted by molar-refractivity contribution is 7.90. The third kappa shape index (κ3) is 6.60. The number of sulfone groups is 1. The Balaban J connectivity index is 2.54. The molecule has 0 unspecified atom stereocenters. The van der Waals surface area contributed by atoms with Gasteiger partial charge in [0.05, 0.1) is 24.5 Å². The number of carbonyl (C=O) groups excluding carboxylic acids is 3. The van der Waals surface area contributed by atoms with Crippen molar-refractivity contribution in [1.29, 1.82) is 0 Å². The molecule has 0 saturated heterocycles. The maximum absolute atomic E-state index is 11.9. The highest BCUT2D eigenvalue weighted by Crippen LogP contribution is 2.11. The second-order valence-corrected chi connectivity index (χ2v) is 6.84. The van der Waals surface area contributed by atoms with E-state index in [0.29, 0.717) is 0 Å². The van der Waals surface area contributed by atoms with Crippen LogP contribution in [0.2, 0.25) is 0 Å². The van der Waals surface area contributed by atoms with Gasteiger partial charge in [0.15, 0.2) is 15.6 Å². The zero-order valence-corrected chi connectivity index (χ0v) is 13.8. The van der Waals surface area contributed by atoms with Crippen molar-refractivity contribution in [3.63, 3.8) is 0 Å². The lowest BCUT2D eigenvalue weighted by Gasteiger charge is -2.06. The molecule has 8 heteroatoms. The average molecular weight is 341 g/mol. The van der Waals surface area contributed by atoms with Crippen LogP contribution in [0.15, 0.2) is 29.2 Å². The molecule has 0 heterocycles. The fourth-order valence-electron chi connectivity index (χ4n) is 1.71. The van der Waals surface area contributed by atoms with Gasteiger partial charge in [-0.3, -0.25) is 14.4 Å². The summed E-state index contributed by atoms with van der Waals surface area (Å²) in [7, 11) is -3.41. The lowest BCUT2D eigenvalue weighted by Crippen LogP contribution is -2.29. The first-order chi connectivity index (χ1) is 10.7. The largest absolute Gasteiger partial charge is 0.466 e. The van der Waals surface area contributed by atoms with Crippen molar-refractivity contribution >= 4 is 27.5 Å². The van der Waals surface area contributed by atoms with Gasteiger partial charge in [-0.2, -0.15) is 0 Å². The molecule has 1 rings (SSSR count). The van der Waals surface area contributed by atoms with Gasteiger partial charge >= 0.3 is 5.97 Å². The summed E-state index contributed by atoms with van der Waals surface area (Å²) in [6.07, 6.45) is 0.984. The van der Waals surface area contributed by atoms with Crippen LogP contribution in [0.5, 0.6) is 0 Å². The van der Waals surface area contributed by atoms with Gasteiger partial charge in [0.25, 0.3) is 5.91 Å². The predicted octanol–water partition coefficient (Wildman–Crippen LogP) is 0.732. The van der Waals surface area contributed by atoms with E-state index in [0.717, 1.165) is 6.26 Å². The van der Waals surface area contributed by atoms with Crippen LogP contribution < -0.4 is 5.32 Å². The van der Waals surface area contributed by atoms with Crippen molar-refractivity contribution in [3.8, 4) is 0 Å². The molecule has 1 aromatic rings. The molecule has 0 radical (unpaired) electrons. The number of rotatable bonds is 8. The zero-order valence-electron chi connectivity index (χ0n) is 13.0. The molecule has 0 bridgehead atoms. The molecule has 0 aromatic heterocycles. The number of Topliss-reactive ketones (excluding diaryl/α,β-unsaturated/α-hetero) is 1. The summed E-state index contributed by atoms with van der Waals surface area (Å²) < 4.78 is 27.6. The number of ether oxygens (including phenoxy) is 1. The normalized spacial score (nSPS) is 10.9. The molecule has 1 N–H and O–H groups in total. The Kier molecular flexibility index (Phi) is 6.89. The molecule has 0 saturated carbocycles. The number of benzene rings is 1. The van der Waals surface area contributed by atoms with Gasteiger partial charge < -0.3 is 10.1 Å². The number of amides is 1. The van der Waals surface area contributed by atoms with E-state index >= 15 is 0 Å². The fourth-order valence-corrected chi connectivity index (χ4v) is 2.38. The summed E-state index contributed by atoms with van der Waals surface area (Å²) in [6, 6.07) is 5.53. The molecule has 0 aliphatic heterocycles. The van der Waals surface area contributed by atoms with Gasteiger partial charge in [-0.1, -0.05) is 6.07 Å². The quantitative estimate of drug-likeness (QED) is 0.699. The van der Waals surface area contributed by atoms with Crippen LogP contribution in [0.3, 0.4) is 0 Å². The minimum atomic E-state index is -3.41. The van der Waals surface area contributed by atoms with Crippen molar-refractivity contribution in [2.24, 2.45) is 0 Å². The Morgan fingerprint density at radius 1 is 1.17 bits per heavy atom. The topological polar surface area (TPSA) is 107 Å². The maximum Gasteiger partial charge on any atom is 0.306 e. The summed E-state index contributed by atoms with van der Waals surface area (Å²) >= 11 is 0. The van der Waals surface area contributed by atoms with Crippen molar-refractivity contribution in [2.45, 2.75) is 24.7 Å². The van der Waals surface area contributed by atoms with Crippen LogP contribution in [0, 0.1) is 0 Å². The van der Waals surface area contributed by atoms with E-state index in [1.54, 1.807) is 6.92 Å². The zero-order chi connectivity index (χ0) is 17.5. The summed E-state index contributed by atoms with van der Waals surface area (Å²) in [6.45, 7) is 1.69. The summed E-state index contributed by atoms with van der Waals surface area (Å²) in [5.41, 5.74) is 0.145.